The lowest BCUT2D eigenvalue weighted by Crippen LogP contribution is -2.54. The largest absolute Gasteiger partial charge is 0.393 e. The highest BCUT2D eigenvalue weighted by Crippen LogP contribution is 2.65. The Hall–Kier alpha value is -1.40. The molecule has 1 aromatic carbocycles. The van der Waals surface area contributed by atoms with Gasteiger partial charge in [0.25, 0.3) is 10.0 Å². The van der Waals surface area contributed by atoms with Crippen molar-refractivity contribution >= 4 is 15.7 Å². The van der Waals surface area contributed by atoms with Gasteiger partial charge in [0.05, 0.1) is 11.0 Å². The number of fused-ring (bicyclic) bond motifs is 5. The average molecular weight is 459 g/mol. The Balaban J connectivity index is 1.35. The number of hydrazone groups is 1. The van der Waals surface area contributed by atoms with Crippen LogP contribution >= 0.6 is 0 Å². The van der Waals surface area contributed by atoms with Gasteiger partial charge in [-0.05, 0) is 106 Å². The van der Waals surface area contributed by atoms with Gasteiger partial charge in [0.15, 0.2) is 0 Å². The van der Waals surface area contributed by atoms with Crippen molar-refractivity contribution in [3.05, 3.63) is 29.8 Å². The molecule has 5 rings (SSSR count). The van der Waals surface area contributed by atoms with Gasteiger partial charge >= 0.3 is 0 Å². The van der Waals surface area contributed by atoms with E-state index in [1.165, 1.54) is 19.3 Å². The van der Waals surface area contributed by atoms with Gasteiger partial charge < -0.3 is 5.11 Å². The van der Waals surface area contributed by atoms with E-state index in [1.54, 1.807) is 12.1 Å². The van der Waals surface area contributed by atoms with Crippen LogP contribution in [0.5, 0.6) is 0 Å². The van der Waals surface area contributed by atoms with Crippen LogP contribution in [0.2, 0.25) is 0 Å². The van der Waals surface area contributed by atoms with Crippen molar-refractivity contribution in [2.75, 3.05) is 0 Å². The summed E-state index contributed by atoms with van der Waals surface area (Å²) in [5, 5.41) is 14.8. The van der Waals surface area contributed by atoms with E-state index < -0.39 is 10.0 Å². The third kappa shape index (κ3) is 3.53. The number of sulfonamides is 1. The van der Waals surface area contributed by atoms with Crippen LogP contribution in [0, 0.1) is 41.4 Å². The lowest BCUT2D eigenvalue weighted by Gasteiger charge is -2.60. The van der Waals surface area contributed by atoms with E-state index >= 15 is 0 Å². The van der Waals surface area contributed by atoms with Gasteiger partial charge in [-0.25, -0.2) is 4.83 Å². The van der Waals surface area contributed by atoms with Crippen molar-refractivity contribution in [3.8, 4) is 0 Å². The molecule has 4 saturated carbocycles. The first-order valence-corrected chi connectivity index (χ1v) is 14.0. The second-order valence-corrected chi connectivity index (χ2v) is 13.2. The predicted octanol–water partition coefficient (Wildman–Crippen LogP) is 5.03. The first-order valence-electron chi connectivity index (χ1n) is 12.5. The highest BCUT2D eigenvalue weighted by Gasteiger charge is 2.59. The molecule has 32 heavy (non-hydrogen) atoms. The molecule has 4 aliphatic carbocycles. The molecule has 0 amide bonds. The molecule has 0 spiro atoms. The Morgan fingerprint density at radius 1 is 1.00 bits per heavy atom. The smallest absolute Gasteiger partial charge is 0.276 e. The number of rotatable bonds is 3. The van der Waals surface area contributed by atoms with Gasteiger partial charge in [-0.2, -0.15) is 13.5 Å². The minimum Gasteiger partial charge on any atom is -0.393 e. The topological polar surface area (TPSA) is 78.8 Å². The molecule has 0 unspecified atom stereocenters. The second-order valence-electron chi connectivity index (χ2n) is 11.5. The summed E-state index contributed by atoms with van der Waals surface area (Å²) >= 11 is 0. The van der Waals surface area contributed by atoms with Crippen LogP contribution in [0.3, 0.4) is 0 Å². The zero-order valence-corrected chi connectivity index (χ0v) is 20.5. The summed E-state index contributed by atoms with van der Waals surface area (Å²) in [6, 6.07) is 6.92. The van der Waals surface area contributed by atoms with Crippen molar-refractivity contribution in [2.45, 2.75) is 89.6 Å². The minimum atomic E-state index is -3.64. The van der Waals surface area contributed by atoms with Gasteiger partial charge in [0, 0.05) is 11.1 Å². The average Bonchev–Trinajstić information content (AvgIpc) is 3.09. The van der Waals surface area contributed by atoms with Crippen LogP contribution in [0.25, 0.3) is 0 Å². The molecule has 6 heteroatoms. The molecular weight excluding hydrogens is 420 g/mol. The fraction of sp³-hybridized carbons (Fsp3) is 0.731. The highest BCUT2D eigenvalue weighted by molar-refractivity contribution is 7.89. The van der Waals surface area contributed by atoms with Gasteiger partial charge in [0.2, 0.25) is 0 Å². The molecule has 1 aromatic rings. The Kier molecular flexibility index (Phi) is 5.48. The minimum absolute atomic E-state index is 0.00562. The molecule has 0 bridgehead atoms. The zero-order valence-electron chi connectivity index (χ0n) is 19.7. The summed E-state index contributed by atoms with van der Waals surface area (Å²) in [6.07, 6.45) is 9.76. The number of benzene rings is 1. The summed E-state index contributed by atoms with van der Waals surface area (Å²) in [7, 11) is -3.64. The summed E-state index contributed by atoms with van der Waals surface area (Å²) in [4.78, 5) is 2.82. The standard InChI is InChI=1S/C26H38N2O3S/c1-17-4-7-20(8-5-17)32(30,31)28-27-24-11-10-22-21-9-6-18-16-19(29)12-14-25(18,2)23(21)13-15-26(22,24)3/h4-5,7-8,18-19,21-23,28-29H,6,9-16H2,1-3H3/t18-,19+,21-,22-,23-,25-,26-/m0/s1. The van der Waals surface area contributed by atoms with Crippen molar-refractivity contribution in [3.63, 3.8) is 0 Å². The van der Waals surface area contributed by atoms with Crippen molar-refractivity contribution in [2.24, 2.45) is 39.6 Å². The molecule has 4 fully saturated rings. The molecule has 0 radical (unpaired) electrons. The molecule has 7 atom stereocenters. The maximum Gasteiger partial charge on any atom is 0.276 e. The lowest BCUT2D eigenvalue weighted by molar-refractivity contribution is -0.113. The summed E-state index contributed by atoms with van der Waals surface area (Å²) in [5.74, 6) is 2.68. The van der Waals surface area contributed by atoms with E-state index in [1.807, 2.05) is 19.1 Å². The Morgan fingerprint density at radius 3 is 2.50 bits per heavy atom. The van der Waals surface area contributed by atoms with Crippen molar-refractivity contribution in [1.82, 2.24) is 4.83 Å². The fourth-order valence-electron chi connectivity index (χ4n) is 8.09. The summed E-state index contributed by atoms with van der Waals surface area (Å²) < 4.78 is 25.6. The molecule has 0 heterocycles. The molecule has 176 valence electrons. The molecule has 5 nitrogen and oxygen atoms in total. The van der Waals surface area contributed by atoms with Gasteiger partial charge in [-0.1, -0.05) is 31.5 Å². The molecule has 2 N–H and O–H groups in total. The van der Waals surface area contributed by atoms with E-state index in [0.29, 0.717) is 23.2 Å². The Bertz CT molecular complexity index is 1000. The normalized spacial score (nSPS) is 42.8. The number of hydrogen-bond donors (Lipinski definition) is 2. The van der Waals surface area contributed by atoms with Crippen LogP contribution in [0.4, 0.5) is 0 Å². The summed E-state index contributed by atoms with van der Waals surface area (Å²) in [6.45, 7) is 6.78. The highest BCUT2D eigenvalue weighted by atomic mass is 32.2. The first-order chi connectivity index (χ1) is 15.1. The van der Waals surface area contributed by atoms with Crippen molar-refractivity contribution in [1.29, 1.82) is 0 Å². The van der Waals surface area contributed by atoms with Crippen LogP contribution in [-0.2, 0) is 10.0 Å². The van der Waals surface area contributed by atoms with Crippen molar-refractivity contribution < 1.29 is 13.5 Å². The Morgan fingerprint density at radius 2 is 1.75 bits per heavy atom. The number of nitrogens with one attached hydrogen (secondary N) is 1. The predicted molar refractivity (Wildman–Crippen MR) is 127 cm³/mol. The first kappa shape index (κ1) is 22.4. The molecule has 0 aromatic heterocycles. The number of aryl methyl sites for hydroxylation is 1. The lowest BCUT2D eigenvalue weighted by atomic mass is 9.45. The van der Waals surface area contributed by atoms with E-state index in [-0.39, 0.29) is 16.4 Å². The summed E-state index contributed by atoms with van der Waals surface area (Å²) in [5.41, 5.74) is 2.43. The molecular formula is C26H38N2O3S. The van der Waals surface area contributed by atoms with E-state index in [9.17, 15) is 13.5 Å². The van der Waals surface area contributed by atoms with Crippen LogP contribution in [0.15, 0.2) is 34.3 Å². The number of aliphatic hydroxyl groups excluding tert-OH is 1. The molecule has 0 aliphatic heterocycles. The van der Waals surface area contributed by atoms with Crippen LogP contribution in [-0.4, -0.2) is 25.3 Å². The van der Waals surface area contributed by atoms with E-state index in [2.05, 4.69) is 23.8 Å². The van der Waals surface area contributed by atoms with Crippen LogP contribution < -0.4 is 4.83 Å². The van der Waals surface area contributed by atoms with Gasteiger partial charge in [0.1, 0.15) is 0 Å². The zero-order chi connectivity index (χ0) is 22.7. The quantitative estimate of drug-likeness (QED) is 0.623. The molecule has 0 saturated heterocycles. The number of hydrogen-bond acceptors (Lipinski definition) is 4. The van der Waals surface area contributed by atoms with E-state index in [0.717, 1.165) is 55.7 Å². The SMILES string of the molecule is Cc1ccc(S(=O)(=O)NN=C2CC[C@H]3[C@@H]4CC[C@H]5C[C@H](O)CC[C@]5(C)[C@H]4CC[C@]23C)cc1. The number of nitrogens with zero attached hydrogens (tertiary/aromatic N) is 1. The van der Waals surface area contributed by atoms with E-state index in [4.69, 9.17) is 0 Å². The maximum absolute atomic E-state index is 12.8. The van der Waals surface area contributed by atoms with Gasteiger partial charge in [-0.3, -0.25) is 0 Å². The van der Waals surface area contributed by atoms with Crippen LogP contribution in [0.1, 0.15) is 77.2 Å². The Labute approximate surface area is 193 Å². The third-order valence-corrected chi connectivity index (χ3v) is 11.2. The maximum atomic E-state index is 12.8. The second kappa shape index (κ2) is 7.83. The molecule has 4 aliphatic rings. The number of aliphatic hydroxyl groups is 1. The third-order valence-electron chi connectivity index (χ3n) is 10.0. The van der Waals surface area contributed by atoms with Gasteiger partial charge in [-0.15, -0.1) is 0 Å². The monoisotopic (exact) mass is 458 g/mol. The fourth-order valence-corrected chi connectivity index (χ4v) is 8.92.